The van der Waals surface area contributed by atoms with Crippen LogP contribution in [0.25, 0.3) is 0 Å². The third kappa shape index (κ3) is 47.5. The second-order valence-corrected chi connectivity index (χ2v) is 22.2. The van der Waals surface area contributed by atoms with E-state index in [-0.39, 0.29) is 63.2 Å². The van der Waals surface area contributed by atoms with Gasteiger partial charge in [0.05, 0.1) is 25.9 Å². The number of aliphatic carboxylic acids is 2. The number of carboxylic acids is 2. The first-order chi connectivity index (χ1) is 38.5. The number of ketones is 1. The number of rotatable bonds is 57. The van der Waals surface area contributed by atoms with Crippen LogP contribution in [-0.4, -0.2) is 116 Å². The Morgan fingerprint density at radius 2 is 1.09 bits per heavy atom. The molecule has 0 aromatic carbocycles. The molecule has 0 aromatic heterocycles. The summed E-state index contributed by atoms with van der Waals surface area (Å²) in [6, 6.07) is -1.75. The summed E-state index contributed by atoms with van der Waals surface area (Å²) in [5.41, 5.74) is 0. The monoisotopic (exact) mass is 1110 g/mol. The number of unbranched alkanes of at least 4 members (excludes halogenated alkanes) is 22. The maximum absolute atomic E-state index is 12.5. The lowest BCUT2D eigenvalue weighted by molar-refractivity contribution is -0.180. The SMILES string of the molecule is CCCCC/C=C\C/C=C\CCCCCCCCC1(CCCCCCCC/C=C\C/C=C\CCCCC)OCC(CCN(C)CCCCCCC(=O)CCOCCC(=O)NCCCC[C@@H](NC(=O)NCCCC(=O)O)C(=O)O)O1. The summed E-state index contributed by atoms with van der Waals surface area (Å²) in [5, 5.41) is 25.7. The number of amides is 3. The van der Waals surface area contributed by atoms with Gasteiger partial charge in [0.25, 0.3) is 0 Å². The number of nitrogens with one attached hydrogen (secondary N) is 3. The van der Waals surface area contributed by atoms with Crippen LogP contribution in [0.15, 0.2) is 48.6 Å². The molecule has 3 amide bonds. The van der Waals surface area contributed by atoms with E-state index in [2.05, 4.69) is 90.4 Å². The minimum atomic E-state index is -1.17. The molecule has 0 aromatic rings. The molecule has 1 rings (SSSR count). The van der Waals surface area contributed by atoms with Crippen molar-refractivity contribution in [2.45, 2.75) is 282 Å². The Morgan fingerprint density at radius 3 is 1.66 bits per heavy atom. The number of Topliss-reactive ketones (excluding diaryl/α,β-unsaturated/α-hetero) is 1. The summed E-state index contributed by atoms with van der Waals surface area (Å²) in [6.07, 6.45) is 58.3. The summed E-state index contributed by atoms with van der Waals surface area (Å²) < 4.78 is 19.0. The van der Waals surface area contributed by atoms with Crippen LogP contribution < -0.4 is 16.0 Å². The number of ether oxygens (including phenoxy) is 3. The van der Waals surface area contributed by atoms with E-state index in [1.54, 1.807) is 0 Å². The van der Waals surface area contributed by atoms with Gasteiger partial charge in [0, 0.05) is 58.2 Å². The number of hydrogen-bond donors (Lipinski definition) is 5. The minimum absolute atomic E-state index is 0.0911. The van der Waals surface area contributed by atoms with Gasteiger partial charge in [0.1, 0.15) is 11.8 Å². The third-order valence-corrected chi connectivity index (χ3v) is 14.7. The molecule has 1 heterocycles. The number of carboxylic acid groups (broad SMARTS) is 2. The van der Waals surface area contributed by atoms with E-state index in [1.807, 2.05) is 0 Å². The van der Waals surface area contributed by atoms with Crippen molar-refractivity contribution < 1.29 is 48.4 Å². The predicted octanol–water partition coefficient (Wildman–Crippen LogP) is 15.0. The highest BCUT2D eigenvalue weighted by Gasteiger charge is 2.40. The van der Waals surface area contributed by atoms with E-state index in [1.165, 1.54) is 128 Å². The second kappa shape index (κ2) is 53.5. The Morgan fingerprint density at radius 1 is 0.570 bits per heavy atom. The summed E-state index contributed by atoms with van der Waals surface area (Å²) in [6.45, 7) is 8.21. The predicted molar refractivity (Wildman–Crippen MR) is 323 cm³/mol. The summed E-state index contributed by atoms with van der Waals surface area (Å²) in [4.78, 5) is 61.1. The quantitative estimate of drug-likeness (QED) is 0.0287. The van der Waals surface area contributed by atoms with Gasteiger partial charge in [-0.1, -0.05) is 152 Å². The van der Waals surface area contributed by atoms with Crippen LogP contribution in [0.3, 0.4) is 0 Å². The highest BCUT2D eigenvalue weighted by atomic mass is 16.7. The van der Waals surface area contributed by atoms with Crippen molar-refractivity contribution in [3.8, 4) is 0 Å². The number of nitrogens with zero attached hydrogens (tertiary/aromatic N) is 1. The fraction of sp³-hybridized carbons (Fsp3) is 0.800. The number of carbonyl (C=O) groups excluding carboxylic acids is 3. The molecule has 2 atom stereocenters. The number of allylic oxidation sites excluding steroid dienone is 8. The van der Waals surface area contributed by atoms with Gasteiger partial charge in [-0.15, -0.1) is 0 Å². The van der Waals surface area contributed by atoms with Gasteiger partial charge in [0.15, 0.2) is 5.79 Å². The maximum atomic E-state index is 12.5. The fourth-order valence-electron chi connectivity index (χ4n) is 9.72. The van der Waals surface area contributed by atoms with Crippen molar-refractivity contribution in [1.82, 2.24) is 20.9 Å². The molecule has 1 fully saturated rings. The Labute approximate surface area is 480 Å². The van der Waals surface area contributed by atoms with Crippen LogP contribution in [0.2, 0.25) is 0 Å². The topological polar surface area (TPSA) is 193 Å². The average molecular weight is 1110 g/mol. The van der Waals surface area contributed by atoms with Crippen molar-refractivity contribution in [3.05, 3.63) is 48.6 Å². The van der Waals surface area contributed by atoms with Crippen molar-refractivity contribution >= 4 is 29.7 Å². The molecular weight excluding hydrogens is 997 g/mol. The molecule has 1 unspecified atom stereocenters. The molecule has 1 aliphatic heterocycles. The van der Waals surface area contributed by atoms with E-state index in [0.29, 0.717) is 38.8 Å². The molecule has 79 heavy (non-hydrogen) atoms. The third-order valence-electron chi connectivity index (χ3n) is 14.7. The molecule has 0 bridgehead atoms. The van der Waals surface area contributed by atoms with Gasteiger partial charge >= 0.3 is 18.0 Å². The molecule has 1 aliphatic rings. The minimum Gasteiger partial charge on any atom is -0.481 e. The smallest absolute Gasteiger partial charge is 0.326 e. The van der Waals surface area contributed by atoms with Crippen LogP contribution in [0.1, 0.15) is 264 Å². The number of hydrogen-bond acceptors (Lipinski definition) is 9. The van der Waals surface area contributed by atoms with Gasteiger partial charge in [-0.05, 0) is 136 Å². The lowest BCUT2D eigenvalue weighted by atomic mass is 9.98. The van der Waals surface area contributed by atoms with Gasteiger partial charge in [-0.3, -0.25) is 14.4 Å². The Bertz CT molecular complexity index is 1590. The fourth-order valence-corrected chi connectivity index (χ4v) is 9.72. The average Bonchev–Trinajstić information content (AvgIpc) is 3.85. The molecule has 0 spiro atoms. The van der Waals surface area contributed by atoms with Crippen molar-refractivity contribution in [2.75, 3.05) is 53.0 Å². The lowest BCUT2D eigenvalue weighted by Gasteiger charge is -2.29. The summed E-state index contributed by atoms with van der Waals surface area (Å²) in [7, 11) is 2.20. The largest absolute Gasteiger partial charge is 0.481 e. The van der Waals surface area contributed by atoms with Crippen LogP contribution in [0, 0.1) is 0 Å². The van der Waals surface area contributed by atoms with Crippen LogP contribution in [0.5, 0.6) is 0 Å². The van der Waals surface area contributed by atoms with E-state index in [4.69, 9.17) is 19.3 Å². The van der Waals surface area contributed by atoms with Crippen molar-refractivity contribution in [1.29, 1.82) is 0 Å². The van der Waals surface area contributed by atoms with Crippen LogP contribution in [-0.2, 0) is 33.4 Å². The Hall–Kier alpha value is -3.85. The molecule has 456 valence electrons. The van der Waals surface area contributed by atoms with E-state index >= 15 is 0 Å². The standard InChI is InChI=1S/C65H116N4O10/c1-4-6-8-10-12-14-16-18-20-22-24-26-28-30-33-38-49-65(50-39-34-31-29-27-25-23-21-19-17-15-13-11-9-7-5-2)78-57-59(79-65)46-54-69(3)53-41-35-32-36-43-58(70)47-55-77-56-48-61(71)66-51-40-37-44-60(63(74)75)68-64(76)67-52-42-45-62(72)73/h12-15,18-21,59-60H,4-11,16-17,22-57H2,1-3H3,(H,66,71)(H,72,73)(H,74,75)(H2,67,68,76)/b14-12-,15-13-,20-18-,21-19-/t59?,60-/m1/s1. The Kier molecular flexibility index (Phi) is 49.5. The first-order valence-electron chi connectivity index (χ1n) is 32.0. The zero-order chi connectivity index (χ0) is 57.5. The highest BCUT2D eigenvalue weighted by Crippen LogP contribution is 2.36. The van der Waals surface area contributed by atoms with Gasteiger partial charge in [-0.2, -0.15) is 0 Å². The normalized spacial score (nSPS) is 14.9. The summed E-state index contributed by atoms with van der Waals surface area (Å²) >= 11 is 0. The molecule has 5 N–H and O–H groups in total. The van der Waals surface area contributed by atoms with Gasteiger partial charge in [-0.25, -0.2) is 9.59 Å². The Balaban J connectivity index is 2.28. The second-order valence-electron chi connectivity index (χ2n) is 22.2. The number of carbonyl (C=O) groups is 5. The van der Waals surface area contributed by atoms with Crippen molar-refractivity contribution in [2.24, 2.45) is 0 Å². The van der Waals surface area contributed by atoms with Gasteiger partial charge in [0.2, 0.25) is 5.91 Å². The van der Waals surface area contributed by atoms with Gasteiger partial charge < -0.3 is 45.3 Å². The molecule has 0 aliphatic carbocycles. The molecule has 14 heteroatoms. The van der Waals surface area contributed by atoms with E-state index in [0.717, 1.165) is 83.7 Å². The zero-order valence-corrected chi connectivity index (χ0v) is 50.4. The van der Waals surface area contributed by atoms with Crippen molar-refractivity contribution in [3.63, 3.8) is 0 Å². The maximum Gasteiger partial charge on any atom is 0.326 e. The number of urea groups is 1. The summed E-state index contributed by atoms with van der Waals surface area (Å²) in [5.74, 6) is -2.57. The molecule has 0 saturated carbocycles. The van der Waals surface area contributed by atoms with Crippen LogP contribution >= 0.6 is 0 Å². The van der Waals surface area contributed by atoms with E-state index < -0.39 is 29.8 Å². The first-order valence-corrected chi connectivity index (χ1v) is 32.0. The molecular formula is C65H116N4O10. The zero-order valence-electron chi connectivity index (χ0n) is 50.4. The highest BCUT2D eigenvalue weighted by molar-refractivity contribution is 5.82. The molecule has 0 radical (unpaired) electrons. The lowest BCUT2D eigenvalue weighted by Crippen LogP contribution is -2.46. The molecule has 1 saturated heterocycles. The van der Waals surface area contributed by atoms with E-state index in [9.17, 15) is 29.1 Å². The first kappa shape index (κ1) is 73.2. The molecule has 14 nitrogen and oxygen atoms in total. The van der Waals surface area contributed by atoms with Crippen LogP contribution in [0.4, 0.5) is 4.79 Å².